The summed E-state index contributed by atoms with van der Waals surface area (Å²) < 4.78 is 2.40. The van der Waals surface area contributed by atoms with Crippen LogP contribution in [-0.2, 0) is 0 Å². The van der Waals surface area contributed by atoms with Crippen LogP contribution >= 0.6 is 0 Å². The minimum atomic E-state index is 1.16. The Bertz CT molecular complexity index is 1770. The third-order valence-electron chi connectivity index (χ3n) is 6.75. The normalized spacial score (nSPS) is 11.5. The van der Waals surface area contributed by atoms with Crippen LogP contribution < -0.4 is 0 Å². The van der Waals surface area contributed by atoms with E-state index in [4.69, 9.17) is 0 Å². The van der Waals surface area contributed by atoms with Crippen LogP contribution in [0, 0.1) is 0 Å². The van der Waals surface area contributed by atoms with E-state index in [2.05, 4.69) is 137 Å². The summed E-state index contributed by atoms with van der Waals surface area (Å²) in [6.07, 6.45) is 0. The fraction of sp³-hybridized carbons (Fsp3) is 0. The number of aromatic nitrogens is 2. The second-order valence-corrected chi connectivity index (χ2v) is 8.74. The molecule has 0 atom stereocenters. The van der Waals surface area contributed by atoms with Gasteiger partial charge in [0.25, 0.3) is 0 Å². The predicted octanol–water partition coefficient (Wildman–Crippen LogP) is 8.60. The number of nitrogens with one attached hydrogen (secondary N) is 1. The van der Waals surface area contributed by atoms with Gasteiger partial charge in [-0.2, -0.15) is 0 Å². The highest BCUT2D eigenvalue weighted by Gasteiger charge is 2.17. The lowest BCUT2D eigenvalue weighted by atomic mass is 10.0. The van der Waals surface area contributed by atoms with Gasteiger partial charge in [0.05, 0.1) is 16.6 Å². The maximum atomic E-state index is 3.71. The highest BCUT2D eigenvalue weighted by Crippen LogP contribution is 2.38. The number of nitrogens with zero attached hydrogens (tertiary/aromatic N) is 1. The van der Waals surface area contributed by atoms with Crippen molar-refractivity contribution in [2.75, 3.05) is 0 Å². The summed E-state index contributed by atoms with van der Waals surface area (Å²) in [5.41, 5.74) is 10.9. The second-order valence-electron chi connectivity index (χ2n) is 8.74. The maximum absolute atomic E-state index is 3.71. The molecular weight excluding hydrogens is 412 g/mol. The first kappa shape index (κ1) is 19.0. The fourth-order valence-corrected chi connectivity index (χ4v) is 5.12. The van der Waals surface area contributed by atoms with Gasteiger partial charge in [-0.05, 0) is 52.6 Å². The first-order chi connectivity index (χ1) is 16.9. The molecule has 7 aromatic rings. The first-order valence-electron chi connectivity index (χ1n) is 11.6. The highest BCUT2D eigenvalue weighted by atomic mass is 15.0. The van der Waals surface area contributed by atoms with Gasteiger partial charge in [-0.3, -0.25) is 0 Å². The molecule has 0 saturated carbocycles. The van der Waals surface area contributed by atoms with E-state index >= 15 is 0 Å². The molecule has 0 bridgehead atoms. The van der Waals surface area contributed by atoms with Gasteiger partial charge in [0.2, 0.25) is 0 Å². The Kier molecular flexibility index (Phi) is 4.18. The molecular formula is C32H22N2. The quantitative estimate of drug-likeness (QED) is 0.287. The molecule has 0 fully saturated rings. The van der Waals surface area contributed by atoms with Crippen LogP contribution in [0.5, 0.6) is 0 Å². The maximum Gasteiger partial charge on any atom is 0.0798 e. The zero-order valence-electron chi connectivity index (χ0n) is 18.6. The highest BCUT2D eigenvalue weighted by molar-refractivity contribution is 6.18. The van der Waals surface area contributed by atoms with Crippen LogP contribution in [0.25, 0.3) is 60.8 Å². The molecule has 2 heterocycles. The molecule has 5 aromatic carbocycles. The molecule has 0 aliphatic carbocycles. The van der Waals surface area contributed by atoms with Gasteiger partial charge < -0.3 is 9.55 Å². The molecule has 0 unspecified atom stereocenters. The number of para-hydroxylation sites is 1. The lowest BCUT2D eigenvalue weighted by Gasteiger charge is -2.10. The van der Waals surface area contributed by atoms with Crippen molar-refractivity contribution in [3.63, 3.8) is 0 Å². The first-order valence-corrected chi connectivity index (χ1v) is 11.6. The predicted molar refractivity (Wildman–Crippen MR) is 144 cm³/mol. The van der Waals surface area contributed by atoms with E-state index in [1.54, 1.807) is 0 Å². The van der Waals surface area contributed by atoms with Crippen LogP contribution in [-0.4, -0.2) is 9.55 Å². The SMILES string of the molecule is c1ccc(-c2ccc(-n3c4ccccc4c4[nH]c5ccc(-c6ccccc6)cc5c43)cc2)cc1. The third-order valence-corrected chi connectivity index (χ3v) is 6.75. The number of rotatable bonds is 3. The Morgan fingerprint density at radius 2 is 1.06 bits per heavy atom. The molecule has 2 nitrogen and oxygen atoms in total. The number of fused-ring (bicyclic) bond motifs is 5. The van der Waals surface area contributed by atoms with Crippen LogP contribution in [0.3, 0.4) is 0 Å². The van der Waals surface area contributed by atoms with Crippen molar-refractivity contribution >= 4 is 32.8 Å². The molecule has 0 spiro atoms. The molecule has 2 heteroatoms. The number of hydrogen-bond acceptors (Lipinski definition) is 0. The molecule has 34 heavy (non-hydrogen) atoms. The molecule has 160 valence electrons. The Morgan fingerprint density at radius 3 is 1.79 bits per heavy atom. The van der Waals surface area contributed by atoms with Gasteiger partial charge in [-0.25, -0.2) is 0 Å². The molecule has 2 aromatic heterocycles. The van der Waals surface area contributed by atoms with E-state index in [0.29, 0.717) is 0 Å². The smallest absolute Gasteiger partial charge is 0.0798 e. The molecule has 0 saturated heterocycles. The van der Waals surface area contributed by atoms with E-state index in [-0.39, 0.29) is 0 Å². The number of hydrogen-bond donors (Lipinski definition) is 1. The summed E-state index contributed by atoms with van der Waals surface area (Å²) in [4.78, 5) is 3.71. The summed E-state index contributed by atoms with van der Waals surface area (Å²) >= 11 is 0. The minimum absolute atomic E-state index is 1.16. The van der Waals surface area contributed by atoms with Crippen molar-refractivity contribution in [3.05, 3.63) is 127 Å². The van der Waals surface area contributed by atoms with Crippen LogP contribution in [0.2, 0.25) is 0 Å². The van der Waals surface area contributed by atoms with Crippen molar-refractivity contribution in [2.24, 2.45) is 0 Å². The van der Waals surface area contributed by atoms with Crippen molar-refractivity contribution < 1.29 is 0 Å². The second kappa shape index (κ2) is 7.50. The largest absolute Gasteiger partial charge is 0.353 e. The Labute approximate surface area is 197 Å². The lowest BCUT2D eigenvalue weighted by molar-refractivity contribution is 1.19. The third kappa shape index (κ3) is 2.89. The summed E-state index contributed by atoms with van der Waals surface area (Å²) in [6, 6.07) is 45.4. The zero-order valence-corrected chi connectivity index (χ0v) is 18.6. The van der Waals surface area contributed by atoms with Crippen molar-refractivity contribution in [1.82, 2.24) is 9.55 Å². The average molecular weight is 435 g/mol. The molecule has 0 amide bonds. The number of H-pyrrole nitrogens is 1. The van der Waals surface area contributed by atoms with E-state index in [0.717, 1.165) is 11.2 Å². The summed E-state index contributed by atoms with van der Waals surface area (Å²) in [7, 11) is 0. The number of benzene rings is 5. The van der Waals surface area contributed by atoms with Crippen LogP contribution in [0.15, 0.2) is 127 Å². The minimum Gasteiger partial charge on any atom is -0.353 e. The lowest BCUT2D eigenvalue weighted by Crippen LogP contribution is -1.93. The molecule has 0 aliphatic rings. The summed E-state index contributed by atoms with van der Waals surface area (Å²) in [5.74, 6) is 0. The molecule has 1 N–H and O–H groups in total. The zero-order chi connectivity index (χ0) is 22.5. The van der Waals surface area contributed by atoms with Crippen molar-refractivity contribution in [1.29, 1.82) is 0 Å². The summed E-state index contributed by atoms with van der Waals surface area (Å²) in [6.45, 7) is 0. The van der Waals surface area contributed by atoms with Gasteiger partial charge >= 0.3 is 0 Å². The van der Waals surface area contributed by atoms with Gasteiger partial charge in [-0.1, -0.05) is 97.1 Å². The van der Waals surface area contributed by atoms with E-state index < -0.39 is 0 Å². The fourth-order valence-electron chi connectivity index (χ4n) is 5.12. The monoisotopic (exact) mass is 434 g/mol. The van der Waals surface area contributed by atoms with Gasteiger partial charge in [-0.15, -0.1) is 0 Å². The Morgan fingerprint density at radius 1 is 0.471 bits per heavy atom. The summed E-state index contributed by atoms with van der Waals surface area (Å²) in [5, 5.41) is 2.47. The Hall–Kier alpha value is -4.56. The van der Waals surface area contributed by atoms with E-state index in [1.165, 1.54) is 49.6 Å². The molecule has 0 aliphatic heterocycles. The van der Waals surface area contributed by atoms with Gasteiger partial charge in [0.1, 0.15) is 0 Å². The van der Waals surface area contributed by atoms with Crippen molar-refractivity contribution in [3.8, 4) is 27.9 Å². The molecule has 0 radical (unpaired) electrons. The standard InChI is InChI=1S/C32H22N2/c1-3-9-22(10-4-1)24-15-18-26(19-16-24)34-30-14-8-7-13-27(30)31-32(34)28-21-25(17-20-29(28)33-31)23-11-5-2-6-12-23/h1-21,33H. The van der Waals surface area contributed by atoms with Crippen molar-refractivity contribution in [2.45, 2.75) is 0 Å². The molecule has 7 rings (SSSR count). The van der Waals surface area contributed by atoms with Crippen LogP contribution in [0.4, 0.5) is 0 Å². The Balaban J connectivity index is 1.49. The van der Waals surface area contributed by atoms with Crippen LogP contribution in [0.1, 0.15) is 0 Å². The topological polar surface area (TPSA) is 20.7 Å². The average Bonchev–Trinajstić information content (AvgIpc) is 3.44. The van der Waals surface area contributed by atoms with E-state index in [9.17, 15) is 0 Å². The number of aromatic amines is 1. The van der Waals surface area contributed by atoms with E-state index in [1.807, 2.05) is 0 Å². The van der Waals surface area contributed by atoms with Gasteiger partial charge in [0.15, 0.2) is 0 Å². The van der Waals surface area contributed by atoms with Gasteiger partial charge in [0, 0.05) is 22.0 Å².